The summed E-state index contributed by atoms with van der Waals surface area (Å²) in [5, 5.41) is 12.5. The zero-order valence-corrected chi connectivity index (χ0v) is 15.6. The van der Waals surface area contributed by atoms with E-state index in [0.717, 1.165) is 23.7 Å². The molecule has 5 nitrogen and oxygen atoms in total. The van der Waals surface area contributed by atoms with Crippen molar-refractivity contribution in [2.75, 3.05) is 5.32 Å². The Hall–Kier alpha value is -2.92. The molecular weight excluding hydrogens is 338 g/mol. The van der Waals surface area contributed by atoms with Gasteiger partial charge in [-0.25, -0.2) is 9.97 Å². The topological polar surface area (TPSA) is 67.3 Å². The van der Waals surface area contributed by atoms with E-state index in [0.29, 0.717) is 12.4 Å². The Morgan fingerprint density at radius 1 is 1.07 bits per heavy atom. The maximum Gasteiger partial charge on any atom is 0.156 e. The summed E-state index contributed by atoms with van der Waals surface area (Å²) in [4.78, 5) is 8.46. The highest BCUT2D eigenvalue weighted by Crippen LogP contribution is 2.32. The molecule has 2 heterocycles. The summed E-state index contributed by atoms with van der Waals surface area (Å²) in [5.41, 5.74) is 5.69. The molecular formula is C22H23N3O2. The first-order valence-electron chi connectivity index (χ1n) is 9.19. The molecule has 2 aromatic carbocycles. The van der Waals surface area contributed by atoms with Gasteiger partial charge in [-0.3, -0.25) is 0 Å². The highest BCUT2D eigenvalue weighted by Gasteiger charge is 2.19. The summed E-state index contributed by atoms with van der Waals surface area (Å²) in [6.45, 7) is 4.50. The quantitative estimate of drug-likeness (QED) is 0.722. The summed E-state index contributed by atoms with van der Waals surface area (Å²) in [6.07, 6.45) is 1.24. The fraction of sp³-hybridized carbons (Fsp3) is 0.273. The molecule has 4 rings (SSSR count). The number of rotatable bonds is 5. The Bertz CT molecular complexity index is 954. The number of nitrogens with one attached hydrogen (secondary N) is 1. The third-order valence-corrected chi connectivity index (χ3v) is 4.70. The van der Waals surface area contributed by atoms with Gasteiger partial charge in [0.2, 0.25) is 0 Å². The molecule has 0 saturated carbocycles. The highest BCUT2D eigenvalue weighted by atomic mass is 16.5. The van der Waals surface area contributed by atoms with Crippen LogP contribution in [0.2, 0.25) is 0 Å². The Kier molecular flexibility index (Phi) is 4.77. The predicted molar refractivity (Wildman–Crippen MR) is 106 cm³/mol. The SMILES string of the molecule is Cc1cc(NCc2ccc(-c3ccc4c(c3)CC(C)O4)cc2)nc(CO)n1. The minimum absolute atomic E-state index is 0.157. The Morgan fingerprint density at radius 2 is 1.85 bits per heavy atom. The summed E-state index contributed by atoms with van der Waals surface area (Å²) in [7, 11) is 0. The number of fused-ring (bicyclic) bond motifs is 1. The first-order chi connectivity index (χ1) is 13.1. The van der Waals surface area contributed by atoms with Crippen LogP contribution in [0.5, 0.6) is 5.75 Å². The average molecular weight is 361 g/mol. The monoisotopic (exact) mass is 361 g/mol. The molecule has 138 valence electrons. The normalized spacial score (nSPS) is 15.3. The fourth-order valence-corrected chi connectivity index (χ4v) is 3.40. The number of aromatic nitrogens is 2. The third-order valence-electron chi connectivity index (χ3n) is 4.70. The number of ether oxygens (including phenoxy) is 1. The maximum absolute atomic E-state index is 9.22. The fourth-order valence-electron chi connectivity index (χ4n) is 3.40. The molecule has 1 aliphatic rings. The molecule has 1 atom stereocenters. The van der Waals surface area contributed by atoms with Crippen molar-refractivity contribution in [2.24, 2.45) is 0 Å². The smallest absolute Gasteiger partial charge is 0.156 e. The van der Waals surface area contributed by atoms with Crippen LogP contribution < -0.4 is 10.1 Å². The molecule has 1 aromatic heterocycles. The number of anilines is 1. The standard InChI is InChI=1S/C22H23N3O2/c1-14-9-21(25-22(13-26)24-14)23-12-16-3-5-17(6-4-16)18-7-8-20-19(11-18)10-15(2)27-20/h3-9,11,15,26H,10,12-13H2,1-2H3,(H,23,24,25). The van der Waals surface area contributed by atoms with Gasteiger partial charge in [0.15, 0.2) is 5.82 Å². The van der Waals surface area contributed by atoms with E-state index < -0.39 is 0 Å². The number of aryl methyl sites for hydroxylation is 1. The summed E-state index contributed by atoms with van der Waals surface area (Å²) in [5.74, 6) is 2.17. The van der Waals surface area contributed by atoms with Crippen LogP contribution in [0.1, 0.15) is 29.6 Å². The number of hydrogen-bond donors (Lipinski definition) is 2. The van der Waals surface area contributed by atoms with Crippen LogP contribution in [0.15, 0.2) is 48.5 Å². The largest absolute Gasteiger partial charge is 0.490 e. The molecule has 0 saturated heterocycles. The van der Waals surface area contributed by atoms with Crippen LogP contribution in [0.25, 0.3) is 11.1 Å². The third kappa shape index (κ3) is 3.93. The Morgan fingerprint density at radius 3 is 2.63 bits per heavy atom. The molecule has 0 aliphatic carbocycles. The van der Waals surface area contributed by atoms with Crippen molar-refractivity contribution in [1.29, 1.82) is 0 Å². The van der Waals surface area contributed by atoms with E-state index in [1.54, 1.807) is 0 Å². The van der Waals surface area contributed by atoms with Crippen LogP contribution in [0.4, 0.5) is 5.82 Å². The first-order valence-corrected chi connectivity index (χ1v) is 9.19. The summed E-state index contributed by atoms with van der Waals surface area (Å²) >= 11 is 0. The van der Waals surface area contributed by atoms with E-state index in [9.17, 15) is 5.11 Å². The minimum Gasteiger partial charge on any atom is -0.490 e. The van der Waals surface area contributed by atoms with Crippen LogP contribution in [0, 0.1) is 6.92 Å². The molecule has 5 heteroatoms. The number of nitrogens with zero attached hydrogens (tertiary/aromatic N) is 2. The lowest BCUT2D eigenvalue weighted by atomic mass is 10.00. The number of benzene rings is 2. The predicted octanol–water partition coefficient (Wildman–Crippen LogP) is 3.88. The number of aliphatic hydroxyl groups excluding tert-OH is 1. The van der Waals surface area contributed by atoms with Gasteiger partial charge >= 0.3 is 0 Å². The van der Waals surface area contributed by atoms with E-state index in [-0.39, 0.29) is 12.7 Å². The molecule has 1 aliphatic heterocycles. The minimum atomic E-state index is -0.157. The van der Waals surface area contributed by atoms with Crippen molar-refractivity contribution in [2.45, 2.75) is 39.5 Å². The molecule has 2 N–H and O–H groups in total. The van der Waals surface area contributed by atoms with Crippen LogP contribution in [-0.4, -0.2) is 21.2 Å². The van der Waals surface area contributed by atoms with Gasteiger partial charge in [0.1, 0.15) is 24.3 Å². The van der Waals surface area contributed by atoms with E-state index in [1.807, 2.05) is 13.0 Å². The van der Waals surface area contributed by atoms with Crippen molar-refractivity contribution < 1.29 is 9.84 Å². The van der Waals surface area contributed by atoms with Crippen molar-refractivity contribution in [3.8, 4) is 16.9 Å². The summed E-state index contributed by atoms with van der Waals surface area (Å²) in [6, 6.07) is 16.8. The maximum atomic E-state index is 9.22. The van der Waals surface area contributed by atoms with Crippen molar-refractivity contribution in [1.82, 2.24) is 9.97 Å². The van der Waals surface area contributed by atoms with Gasteiger partial charge < -0.3 is 15.2 Å². The Labute approximate surface area is 159 Å². The van der Waals surface area contributed by atoms with Gasteiger partial charge in [0.05, 0.1) is 0 Å². The zero-order valence-electron chi connectivity index (χ0n) is 15.6. The molecule has 0 fully saturated rings. The molecule has 0 amide bonds. The van der Waals surface area contributed by atoms with Crippen LogP contribution >= 0.6 is 0 Å². The second-order valence-electron chi connectivity index (χ2n) is 6.97. The second kappa shape index (κ2) is 7.37. The van der Waals surface area contributed by atoms with Crippen LogP contribution in [-0.2, 0) is 19.6 Å². The van der Waals surface area contributed by atoms with Crippen molar-refractivity contribution in [3.63, 3.8) is 0 Å². The zero-order chi connectivity index (χ0) is 18.8. The van der Waals surface area contributed by atoms with Crippen molar-refractivity contribution >= 4 is 5.82 Å². The van der Waals surface area contributed by atoms with E-state index in [4.69, 9.17) is 4.74 Å². The van der Waals surface area contributed by atoms with Crippen molar-refractivity contribution in [3.05, 3.63) is 71.2 Å². The molecule has 0 radical (unpaired) electrons. The number of aliphatic hydroxyl groups is 1. The molecule has 1 unspecified atom stereocenters. The van der Waals surface area contributed by atoms with E-state index in [1.165, 1.54) is 22.3 Å². The Balaban J connectivity index is 1.45. The van der Waals surface area contributed by atoms with E-state index >= 15 is 0 Å². The molecule has 3 aromatic rings. The lowest BCUT2D eigenvalue weighted by Gasteiger charge is -2.09. The average Bonchev–Trinajstić information content (AvgIpc) is 3.05. The first kappa shape index (κ1) is 17.5. The van der Waals surface area contributed by atoms with Gasteiger partial charge in [0.25, 0.3) is 0 Å². The second-order valence-corrected chi connectivity index (χ2v) is 6.97. The highest BCUT2D eigenvalue weighted by molar-refractivity contribution is 5.66. The lowest BCUT2D eigenvalue weighted by Crippen LogP contribution is -2.05. The molecule has 0 bridgehead atoms. The van der Waals surface area contributed by atoms with E-state index in [2.05, 4.69) is 64.7 Å². The van der Waals surface area contributed by atoms with Crippen LogP contribution in [0.3, 0.4) is 0 Å². The number of hydrogen-bond acceptors (Lipinski definition) is 5. The van der Waals surface area contributed by atoms with Gasteiger partial charge in [-0.15, -0.1) is 0 Å². The van der Waals surface area contributed by atoms with Gasteiger partial charge in [-0.2, -0.15) is 0 Å². The van der Waals surface area contributed by atoms with Gasteiger partial charge in [-0.1, -0.05) is 30.3 Å². The lowest BCUT2D eigenvalue weighted by molar-refractivity contribution is 0.254. The van der Waals surface area contributed by atoms with Gasteiger partial charge in [0, 0.05) is 24.7 Å². The molecule has 27 heavy (non-hydrogen) atoms. The molecule has 0 spiro atoms. The summed E-state index contributed by atoms with van der Waals surface area (Å²) < 4.78 is 5.78. The van der Waals surface area contributed by atoms with Gasteiger partial charge in [-0.05, 0) is 48.2 Å².